The van der Waals surface area contributed by atoms with E-state index in [-0.39, 0.29) is 11.1 Å². The largest absolute Gasteiger partial charge is 0.293 e. The topological polar surface area (TPSA) is 101 Å². The summed E-state index contributed by atoms with van der Waals surface area (Å²) in [4.78, 5) is 32.2. The number of pyridine rings is 2. The monoisotopic (exact) mass is 502 g/mol. The van der Waals surface area contributed by atoms with E-state index in [0.29, 0.717) is 24.5 Å². The van der Waals surface area contributed by atoms with Crippen molar-refractivity contribution in [3.63, 3.8) is 0 Å². The Morgan fingerprint density at radius 3 is 1.29 bits per heavy atom. The molecule has 8 nitrogen and oxygen atoms in total. The van der Waals surface area contributed by atoms with Crippen LogP contribution in [0.2, 0.25) is 0 Å². The standard InChI is InChI=1S/2C15H13N3O/c2*19-15-11-13(10-12-6-2-1-3-7-12)17-18(15)14-8-4-5-9-16-14/h2*1-9,11,17H,10H2. The van der Waals surface area contributed by atoms with Crippen LogP contribution in [0.1, 0.15) is 22.5 Å². The Labute approximate surface area is 218 Å². The number of hydrogen-bond acceptors (Lipinski definition) is 4. The van der Waals surface area contributed by atoms with Crippen LogP contribution in [0.4, 0.5) is 0 Å². The van der Waals surface area contributed by atoms with Gasteiger partial charge in [0.2, 0.25) is 0 Å². The molecule has 0 saturated heterocycles. The van der Waals surface area contributed by atoms with E-state index in [1.54, 1.807) is 36.7 Å². The third-order valence-electron chi connectivity index (χ3n) is 5.78. The molecule has 4 heterocycles. The zero-order valence-electron chi connectivity index (χ0n) is 20.6. The van der Waals surface area contributed by atoms with Crippen LogP contribution in [0.15, 0.2) is 131 Å². The molecular weight excluding hydrogens is 476 g/mol. The molecule has 2 N–H and O–H groups in total. The highest BCUT2D eigenvalue weighted by atomic mass is 16.1. The van der Waals surface area contributed by atoms with Gasteiger partial charge < -0.3 is 0 Å². The quantitative estimate of drug-likeness (QED) is 0.355. The molecule has 8 heteroatoms. The molecule has 0 fully saturated rings. The zero-order valence-corrected chi connectivity index (χ0v) is 20.6. The summed E-state index contributed by atoms with van der Waals surface area (Å²) in [6.07, 6.45) is 4.74. The van der Waals surface area contributed by atoms with Crippen molar-refractivity contribution in [2.24, 2.45) is 0 Å². The van der Waals surface area contributed by atoms with Gasteiger partial charge in [-0.05, 0) is 35.4 Å². The van der Waals surface area contributed by atoms with E-state index in [4.69, 9.17) is 0 Å². The summed E-state index contributed by atoms with van der Waals surface area (Å²) in [6.45, 7) is 0. The second-order valence-corrected chi connectivity index (χ2v) is 8.61. The summed E-state index contributed by atoms with van der Waals surface area (Å²) >= 11 is 0. The maximum absolute atomic E-state index is 11.9. The predicted molar refractivity (Wildman–Crippen MR) is 147 cm³/mol. The number of rotatable bonds is 6. The lowest BCUT2D eigenvalue weighted by atomic mass is 10.1. The van der Waals surface area contributed by atoms with Crippen LogP contribution in [0.3, 0.4) is 0 Å². The summed E-state index contributed by atoms with van der Waals surface area (Å²) in [7, 11) is 0. The van der Waals surface area contributed by atoms with Gasteiger partial charge in [-0.15, -0.1) is 0 Å². The molecule has 0 aliphatic rings. The summed E-state index contributed by atoms with van der Waals surface area (Å²) in [6, 6.07) is 34.2. The Kier molecular flexibility index (Phi) is 7.51. The van der Waals surface area contributed by atoms with Crippen molar-refractivity contribution >= 4 is 0 Å². The molecule has 0 spiro atoms. The number of benzene rings is 2. The van der Waals surface area contributed by atoms with Crippen molar-refractivity contribution in [1.29, 1.82) is 0 Å². The van der Waals surface area contributed by atoms with Crippen molar-refractivity contribution < 1.29 is 0 Å². The average Bonchev–Trinajstić information content (AvgIpc) is 3.52. The van der Waals surface area contributed by atoms with Gasteiger partial charge in [-0.3, -0.25) is 19.8 Å². The first-order valence-electron chi connectivity index (χ1n) is 12.2. The van der Waals surface area contributed by atoms with Gasteiger partial charge in [-0.1, -0.05) is 72.8 Å². The summed E-state index contributed by atoms with van der Waals surface area (Å²) in [5.74, 6) is 1.21. The second-order valence-electron chi connectivity index (χ2n) is 8.61. The summed E-state index contributed by atoms with van der Waals surface area (Å²) in [5, 5.41) is 6.18. The number of hydrogen-bond donors (Lipinski definition) is 2. The SMILES string of the molecule is O=c1cc(Cc2ccccc2)[nH]n1-c1ccccn1.O=c1cc(Cc2ccccc2)[nH]n1-c1ccccn1. The molecule has 2 aromatic carbocycles. The molecular formula is C30H26N6O2. The highest BCUT2D eigenvalue weighted by Gasteiger charge is 2.07. The first-order valence-corrected chi connectivity index (χ1v) is 12.2. The van der Waals surface area contributed by atoms with Gasteiger partial charge in [0.15, 0.2) is 11.6 Å². The van der Waals surface area contributed by atoms with E-state index in [2.05, 4.69) is 20.2 Å². The minimum absolute atomic E-state index is 0.0929. The highest BCUT2D eigenvalue weighted by Crippen LogP contribution is 2.08. The Morgan fingerprint density at radius 2 is 0.921 bits per heavy atom. The van der Waals surface area contributed by atoms with Gasteiger partial charge in [-0.2, -0.15) is 0 Å². The first kappa shape index (κ1) is 24.5. The number of aromatic nitrogens is 6. The van der Waals surface area contributed by atoms with E-state index < -0.39 is 0 Å². The van der Waals surface area contributed by atoms with Gasteiger partial charge in [0.1, 0.15) is 0 Å². The molecule has 0 saturated carbocycles. The Hall–Kier alpha value is -5.24. The van der Waals surface area contributed by atoms with Crippen LogP contribution in [0.25, 0.3) is 11.6 Å². The number of aromatic amines is 2. The molecule has 0 atom stereocenters. The number of nitrogens with one attached hydrogen (secondary N) is 2. The third kappa shape index (κ3) is 6.11. The maximum atomic E-state index is 11.9. The van der Waals surface area contributed by atoms with Crippen LogP contribution in [-0.2, 0) is 12.8 Å². The van der Waals surface area contributed by atoms with Crippen LogP contribution >= 0.6 is 0 Å². The summed E-state index contributed by atoms with van der Waals surface area (Å²) in [5.41, 5.74) is 3.90. The van der Waals surface area contributed by atoms with Crippen LogP contribution in [-0.4, -0.2) is 29.5 Å². The van der Waals surface area contributed by atoms with E-state index in [0.717, 1.165) is 22.5 Å². The summed E-state index contributed by atoms with van der Waals surface area (Å²) < 4.78 is 2.91. The molecule has 6 rings (SSSR count). The van der Waals surface area contributed by atoms with Crippen molar-refractivity contribution in [2.75, 3.05) is 0 Å². The fourth-order valence-electron chi connectivity index (χ4n) is 4.01. The van der Waals surface area contributed by atoms with Gasteiger partial charge in [-0.25, -0.2) is 19.3 Å². The van der Waals surface area contributed by atoms with Crippen LogP contribution in [0, 0.1) is 0 Å². The van der Waals surface area contributed by atoms with Crippen LogP contribution in [0.5, 0.6) is 0 Å². The number of H-pyrrole nitrogens is 2. The lowest BCUT2D eigenvalue weighted by Crippen LogP contribution is -2.14. The third-order valence-corrected chi connectivity index (χ3v) is 5.78. The van der Waals surface area contributed by atoms with Gasteiger partial charge in [0.25, 0.3) is 11.1 Å². The van der Waals surface area contributed by atoms with E-state index in [9.17, 15) is 9.59 Å². The Bertz CT molecular complexity index is 1560. The van der Waals surface area contributed by atoms with Gasteiger partial charge in [0.05, 0.1) is 0 Å². The van der Waals surface area contributed by atoms with Crippen LogP contribution < -0.4 is 11.1 Å². The van der Waals surface area contributed by atoms with Crippen molar-refractivity contribution in [2.45, 2.75) is 12.8 Å². The Balaban J connectivity index is 0.000000155. The minimum Gasteiger partial charge on any atom is -0.293 e. The molecule has 188 valence electrons. The molecule has 0 amide bonds. The van der Waals surface area contributed by atoms with Crippen molar-refractivity contribution in [3.05, 3.63) is 165 Å². The van der Waals surface area contributed by atoms with E-state index in [1.165, 1.54) is 9.36 Å². The molecule has 0 unspecified atom stereocenters. The first-order chi connectivity index (χ1) is 18.7. The molecule has 0 radical (unpaired) electrons. The van der Waals surface area contributed by atoms with Crippen molar-refractivity contribution in [3.8, 4) is 11.6 Å². The highest BCUT2D eigenvalue weighted by molar-refractivity contribution is 5.26. The fourth-order valence-corrected chi connectivity index (χ4v) is 4.01. The molecule has 38 heavy (non-hydrogen) atoms. The molecule has 6 aromatic rings. The maximum Gasteiger partial charge on any atom is 0.272 e. The fraction of sp³-hybridized carbons (Fsp3) is 0.0667. The Morgan fingerprint density at radius 1 is 0.526 bits per heavy atom. The lowest BCUT2D eigenvalue weighted by Gasteiger charge is -2.00. The molecule has 0 aliphatic carbocycles. The van der Waals surface area contributed by atoms with E-state index >= 15 is 0 Å². The van der Waals surface area contributed by atoms with Gasteiger partial charge in [0, 0.05) is 48.8 Å². The predicted octanol–water partition coefficient (Wildman–Crippen LogP) is 4.30. The van der Waals surface area contributed by atoms with E-state index in [1.807, 2.05) is 84.9 Å². The minimum atomic E-state index is -0.0929. The zero-order chi connectivity index (χ0) is 26.2. The average molecular weight is 503 g/mol. The van der Waals surface area contributed by atoms with Crippen molar-refractivity contribution in [1.82, 2.24) is 29.5 Å². The second kappa shape index (κ2) is 11.7. The van der Waals surface area contributed by atoms with Gasteiger partial charge >= 0.3 is 0 Å². The molecule has 0 aliphatic heterocycles. The molecule has 4 aromatic heterocycles. The lowest BCUT2D eigenvalue weighted by molar-refractivity contribution is 0.798. The number of nitrogens with zero attached hydrogens (tertiary/aromatic N) is 4. The normalized spacial score (nSPS) is 10.5. The molecule has 0 bridgehead atoms. The smallest absolute Gasteiger partial charge is 0.272 e.